The minimum atomic E-state index is -0.565. The lowest BCUT2D eigenvalue weighted by atomic mass is 10.0. The fourth-order valence-electron chi connectivity index (χ4n) is 2.97. The van der Waals surface area contributed by atoms with Crippen molar-refractivity contribution in [3.63, 3.8) is 0 Å². The van der Waals surface area contributed by atoms with Gasteiger partial charge in [0, 0.05) is 18.3 Å². The van der Waals surface area contributed by atoms with E-state index in [0.29, 0.717) is 34.6 Å². The molecular formula is C18H20N6O3. The molecule has 3 rings (SSSR count). The molecule has 0 saturated heterocycles. The van der Waals surface area contributed by atoms with Crippen molar-refractivity contribution in [1.29, 1.82) is 0 Å². The van der Waals surface area contributed by atoms with Crippen molar-refractivity contribution < 1.29 is 4.79 Å². The van der Waals surface area contributed by atoms with Gasteiger partial charge in [-0.15, -0.1) is 0 Å². The number of carbonyl (C=O) groups is 1. The van der Waals surface area contributed by atoms with E-state index in [0.717, 1.165) is 0 Å². The zero-order valence-electron chi connectivity index (χ0n) is 15.2. The van der Waals surface area contributed by atoms with Crippen molar-refractivity contribution in [2.24, 2.45) is 7.05 Å². The van der Waals surface area contributed by atoms with Crippen LogP contribution in [-0.4, -0.2) is 30.6 Å². The summed E-state index contributed by atoms with van der Waals surface area (Å²) in [5.74, 6) is 0.375. The predicted octanol–water partition coefficient (Wildman–Crippen LogP) is 1.05. The molecule has 1 aromatic carbocycles. The van der Waals surface area contributed by atoms with Crippen LogP contribution < -0.4 is 16.6 Å². The Morgan fingerprint density at radius 3 is 2.70 bits per heavy atom. The van der Waals surface area contributed by atoms with E-state index in [2.05, 4.69) is 25.4 Å². The second kappa shape index (κ2) is 7.40. The first kappa shape index (κ1) is 18.3. The number of nitrogens with zero attached hydrogens (tertiary/aromatic N) is 3. The molecule has 0 bridgehead atoms. The van der Waals surface area contributed by atoms with Crippen LogP contribution in [0.25, 0.3) is 11.1 Å². The SMILES string of the molecule is CC[C@@H](NC(=O)c1cccc(-c2c(C)[nH]c(=O)[nH]c2=O)c1)c1ncnn1C. The number of aromatic nitrogens is 5. The van der Waals surface area contributed by atoms with E-state index >= 15 is 0 Å². The summed E-state index contributed by atoms with van der Waals surface area (Å²) in [6.07, 6.45) is 2.09. The molecule has 1 amide bonds. The van der Waals surface area contributed by atoms with Gasteiger partial charge in [0.05, 0.1) is 11.6 Å². The number of aryl methyl sites for hydroxylation is 2. The third-order valence-corrected chi connectivity index (χ3v) is 4.32. The lowest BCUT2D eigenvalue weighted by Crippen LogP contribution is -2.30. The molecule has 9 nitrogen and oxygen atoms in total. The fraction of sp³-hybridized carbons (Fsp3) is 0.278. The molecule has 0 radical (unpaired) electrons. The first-order chi connectivity index (χ1) is 12.9. The van der Waals surface area contributed by atoms with Gasteiger partial charge in [-0.05, 0) is 31.0 Å². The number of benzene rings is 1. The zero-order valence-corrected chi connectivity index (χ0v) is 15.2. The summed E-state index contributed by atoms with van der Waals surface area (Å²) in [4.78, 5) is 45.2. The van der Waals surface area contributed by atoms with Gasteiger partial charge in [-0.1, -0.05) is 19.1 Å². The molecule has 0 spiro atoms. The Morgan fingerprint density at radius 2 is 2.07 bits per heavy atom. The van der Waals surface area contributed by atoms with Gasteiger partial charge in [0.25, 0.3) is 11.5 Å². The van der Waals surface area contributed by atoms with E-state index in [1.165, 1.54) is 6.33 Å². The molecule has 9 heteroatoms. The van der Waals surface area contributed by atoms with Crippen LogP contribution in [-0.2, 0) is 7.05 Å². The molecule has 0 saturated carbocycles. The van der Waals surface area contributed by atoms with Crippen LogP contribution in [0.1, 0.15) is 41.3 Å². The maximum absolute atomic E-state index is 12.7. The molecular weight excluding hydrogens is 348 g/mol. The Balaban J connectivity index is 1.92. The van der Waals surface area contributed by atoms with Crippen molar-refractivity contribution in [2.45, 2.75) is 26.3 Å². The van der Waals surface area contributed by atoms with Gasteiger partial charge in [-0.25, -0.2) is 9.78 Å². The summed E-state index contributed by atoms with van der Waals surface area (Å²) >= 11 is 0. The largest absolute Gasteiger partial charge is 0.342 e. The van der Waals surface area contributed by atoms with Gasteiger partial charge in [0.1, 0.15) is 12.2 Å². The normalized spacial score (nSPS) is 12.0. The Kier molecular flexibility index (Phi) is 5.02. The number of carbonyl (C=O) groups excluding carboxylic acids is 1. The highest BCUT2D eigenvalue weighted by molar-refractivity contribution is 5.95. The zero-order chi connectivity index (χ0) is 19.6. The monoisotopic (exact) mass is 368 g/mol. The molecule has 3 N–H and O–H groups in total. The third-order valence-electron chi connectivity index (χ3n) is 4.32. The average molecular weight is 368 g/mol. The topological polar surface area (TPSA) is 126 Å². The standard InChI is InChI=1S/C18H20N6O3/c1-4-13(15-19-9-20-24(15)3)22-16(25)12-7-5-6-11(8-12)14-10(2)21-18(27)23-17(14)26/h5-9,13H,4H2,1-3H3,(H,22,25)(H2,21,23,26,27)/t13-/m1/s1. The Bertz CT molecular complexity index is 1090. The summed E-state index contributed by atoms with van der Waals surface area (Å²) in [5.41, 5.74) is 0.642. The molecule has 1 atom stereocenters. The fourth-order valence-corrected chi connectivity index (χ4v) is 2.97. The van der Waals surface area contributed by atoms with Crippen molar-refractivity contribution in [2.75, 3.05) is 0 Å². The van der Waals surface area contributed by atoms with E-state index in [1.807, 2.05) is 6.92 Å². The molecule has 0 fully saturated rings. The summed E-state index contributed by atoms with van der Waals surface area (Å²) < 4.78 is 1.62. The molecule has 3 aromatic rings. The maximum Gasteiger partial charge on any atom is 0.325 e. The van der Waals surface area contributed by atoms with Crippen LogP contribution in [0.3, 0.4) is 0 Å². The predicted molar refractivity (Wildman–Crippen MR) is 99.4 cm³/mol. The number of amides is 1. The summed E-state index contributed by atoms with van der Waals surface area (Å²) in [5, 5.41) is 6.97. The smallest absolute Gasteiger partial charge is 0.325 e. The maximum atomic E-state index is 12.7. The lowest BCUT2D eigenvalue weighted by molar-refractivity contribution is 0.0933. The minimum absolute atomic E-state index is 0.285. The van der Waals surface area contributed by atoms with Gasteiger partial charge < -0.3 is 10.3 Å². The first-order valence-electron chi connectivity index (χ1n) is 8.49. The van der Waals surface area contributed by atoms with E-state index in [1.54, 1.807) is 42.9 Å². The molecule has 0 unspecified atom stereocenters. The number of rotatable bonds is 5. The van der Waals surface area contributed by atoms with Gasteiger partial charge >= 0.3 is 5.69 Å². The molecule has 0 aliphatic rings. The van der Waals surface area contributed by atoms with Crippen molar-refractivity contribution in [1.82, 2.24) is 30.0 Å². The molecule has 2 aromatic heterocycles. The third kappa shape index (κ3) is 3.71. The Hall–Kier alpha value is -3.49. The van der Waals surface area contributed by atoms with Gasteiger partial charge in [-0.3, -0.25) is 19.3 Å². The van der Waals surface area contributed by atoms with Crippen molar-refractivity contribution >= 4 is 5.91 Å². The highest BCUT2D eigenvalue weighted by Crippen LogP contribution is 2.20. The molecule has 140 valence electrons. The summed E-state index contributed by atoms with van der Waals surface area (Å²) in [6, 6.07) is 6.41. The van der Waals surface area contributed by atoms with E-state index in [9.17, 15) is 14.4 Å². The van der Waals surface area contributed by atoms with Crippen LogP contribution >= 0.6 is 0 Å². The Morgan fingerprint density at radius 1 is 1.30 bits per heavy atom. The van der Waals surface area contributed by atoms with E-state index < -0.39 is 11.2 Å². The quantitative estimate of drug-likeness (QED) is 0.621. The summed E-state index contributed by atoms with van der Waals surface area (Å²) in [6.45, 7) is 3.58. The number of aromatic amines is 2. The van der Waals surface area contributed by atoms with E-state index in [-0.39, 0.29) is 11.9 Å². The number of hydrogen-bond acceptors (Lipinski definition) is 5. The van der Waals surface area contributed by atoms with Crippen molar-refractivity contribution in [3.8, 4) is 11.1 Å². The lowest BCUT2D eigenvalue weighted by Gasteiger charge is -2.16. The second-order valence-corrected chi connectivity index (χ2v) is 6.17. The van der Waals surface area contributed by atoms with Crippen LogP contribution in [0.4, 0.5) is 0 Å². The highest BCUT2D eigenvalue weighted by Gasteiger charge is 2.19. The molecule has 0 aliphatic heterocycles. The van der Waals surface area contributed by atoms with Gasteiger partial charge in [0.15, 0.2) is 0 Å². The average Bonchev–Trinajstić information content (AvgIpc) is 3.04. The molecule has 27 heavy (non-hydrogen) atoms. The molecule has 0 aliphatic carbocycles. The first-order valence-corrected chi connectivity index (χ1v) is 8.49. The minimum Gasteiger partial charge on any atom is -0.342 e. The van der Waals surface area contributed by atoms with Gasteiger partial charge in [0.2, 0.25) is 0 Å². The van der Waals surface area contributed by atoms with E-state index in [4.69, 9.17) is 0 Å². The number of H-pyrrole nitrogens is 2. The molecule has 2 heterocycles. The Labute approximate surface area is 154 Å². The van der Waals surface area contributed by atoms with Crippen molar-refractivity contribution in [3.05, 3.63) is 68.5 Å². The van der Waals surface area contributed by atoms with Crippen LogP contribution in [0.5, 0.6) is 0 Å². The van der Waals surface area contributed by atoms with Crippen LogP contribution in [0.15, 0.2) is 40.2 Å². The second-order valence-electron chi connectivity index (χ2n) is 6.17. The number of nitrogens with one attached hydrogen (secondary N) is 3. The van der Waals surface area contributed by atoms with Gasteiger partial charge in [-0.2, -0.15) is 5.10 Å². The van der Waals surface area contributed by atoms with Crippen LogP contribution in [0, 0.1) is 6.92 Å². The van der Waals surface area contributed by atoms with Crippen LogP contribution in [0.2, 0.25) is 0 Å². The highest BCUT2D eigenvalue weighted by atomic mass is 16.2. The summed E-state index contributed by atoms with van der Waals surface area (Å²) in [7, 11) is 1.77. The number of hydrogen-bond donors (Lipinski definition) is 3.